The van der Waals surface area contributed by atoms with Gasteiger partial charge in [0.1, 0.15) is 17.0 Å². The number of rotatable bonds is 8. The van der Waals surface area contributed by atoms with Crippen molar-refractivity contribution in [3.05, 3.63) is 46.6 Å². The van der Waals surface area contributed by atoms with E-state index >= 15 is 0 Å². The van der Waals surface area contributed by atoms with Crippen LogP contribution in [0, 0.1) is 5.92 Å². The number of carbonyl (C=O) groups excluding carboxylic acids is 2. The molecule has 0 spiro atoms. The van der Waals surface area contributed by atoms with Gasteiger partial charge < -0.3 is 20.2 Å². The highest BCUT2D eigenvalue weighted by molar-refractivity contribution is 8.00. The molecule has 3 N–H and O–H groups in total. The molecule has 10 nitrogen and oxygen atoms in total. The Morgan fingerprint density at radius 1 is 1.29 bits per heavy atom. The summed E-state index contributed by atoms with van der Waals surface area (Å²) in [5.41, 5.74) is 0.376. The maximum absolute atomic E-state index is 12.3. The number of nitrogens with one attached hydrogen (secondary N) is 2. The largest absolute Gasteiger partial charge is 0.508 e. The molecule has 2 saturated heterocycles. The van der Waals surface area contributed by atoms with Crippen molar-refractivity contribution >= 4 is 34.5 Å². The van der Waals surface area contributed by atoms with E-state index in [1.54, 1.807) is 18.3 Å². The Morgan fingerprint density at radius 3 is 3.06 bits per heavy atom. The number of phenols is 1. The van der Waals surface area contributed by atoms with E-state index in [4.69, 9.17) is 4.42 Å². The van der Waals surface area contributed by atoms with Crippen molar-refractivity contribution in [1.29, 1.82) is 0 Å². The fourth-order valence-electron chi connectivity index (χ4n) is 4.56. The van der Waals surface area contributed by atoms with E-state index in [1.807, 2.05) is 11.8 Å². The number of nitrogens with zero attached hydrogens (tertiary/aromatic N) is 3. The molecule has 2 amide bonds. The number of carbonyl (C=O) groups is 2. The van der Waals surface area contributed by atoms with Gasteiger partial charge in [-0.05, 0) is 42.7 Å². The average Bonchev–Trinajstić information content (AvgIpc) is 3.51. The van der Waals surface area contributed by atoms with Crippen LogP contribution in [-0.2, 0) is 16.1 Å². The van der Waals surface area contributed by atoms with Gasteiger partial charge in [-0.3, -0.25) is 9.59 Å². The zero-order chi connectivity index (χ0) is 23.7. The number of unbranched alkanes of at least 4 members (excludes halogenated alkanes) is 1. The van der Waals surface area contributed by atoms with Gasteiger partial charge >= 0.3 is 5.63 Å². The van der Waals surface area contributed by atoms with Crippen molar-refractivity contribution in [2.24, 2.45) is 5.92 Å². The Morgan fingerprint density at radius 2 is 2.18 bits per heavy atom. The number of hydrogen-bond acceptors (Lipinski definition) is 8. The summed E-state index contributed by atoms with van der Waals surface area (Å²) in [4.78, 5) is 36.1. The summed E-state index contributed by atoms with van der Waals surface area (Å²) in [6.07, 6.45) is 5.37. The molecule has 0 bridgehead atoms. The van der Waals surface area contributed by atoms with Gasteiger partial charge in [0.2, 0.25) is 11.8 Å². The van der Waals surface area contributed by atoms with Crippen molar-refractivity contribution in [3.63, 3.8) is 0 Å². The Kier molecular flexibility index (Phi) is 6.27. The number of aromatic hydroxyl groups is 1. The lowest BCUT2D eigenvalue weighted by molar-refractivity contribution is -0.121. The van der Waals surface area contributed by atoms with Crippen molar-refractivity contribution in [2.45, 2.75) is 49.9 Å². The summed E-state index contributed by atoms with van der Waals surface area (Å²) in [7, 11) is 0. The van der Waals surface area contributed by atoms with Crippen LogP contribution in [0.3, 0.4) is 0 Å². The Bertz CT molecular complexity index is 1290. The van der Waals surface area contributed by atoms with Gasteiger partial charge in [-0.2, -0.15) is 11.8 Å². The first-order chi connectivity index (χ1) is 16.5. The van der Waals surface area contributed by atoms with E-state index in [2.05, 4.69) is 20.9 Å². The first-order valence-electron chi connectivity index (χ1n) is 11.3. The Labute approximate surface area is 199 Å². The van der Waals surface area contributed by atoms with Crippen LogP contribution in [0.2, 0.25) is 0 Å². The molecule has 3 atom stereocenters. The Hall–Kier alpha value is -3.34. The van der Waals surface area contributed by atoms with Crippen LogP contribution in [0.25, 0.3) is 16.7 Å². The second-order valence-corrected chi connectivity index (χ2v) is 10.0. The van der Waals surface area contributed by atoms with E-state index in [1.165, 1.54) is 16.8 Å². The first-order valence-corrected chi connectivity index (χ1v) is 12.4. The van der Waals surface area contributed by atoms with Crippen LogP contribution in [0.15, 0.2) is 39.7 Å². The molecule has 2 aliphatic heterocycles. The summed E-state index contributed by atoms with van der Waals surface area (Å²) in [6.45, 7) is 0.208. The topological polar surface area (TPSA) is 139 Å². The molecule has 5 rings (SSSR count). The molecule has 3 aromatic rings. The second-order valence-electron chi connectivity index (χ2n) is 8.75. The summed E-state index contributed by atoms with van der Waals surface area (Å²) < 4.78 is 6.57. The van der Waals surface area contributed by atoms with Gasteiger partial charge in [0.05, 0.1) is 12.7 Å². The molecule has 1 aromatic carbocycles. The SMILES string of the molecule is O=C(CCCCC1SCC2CC(=O)NC21)NCc1cn(-c2cc3ccc(O)cc3oc2=O)nn1. The monoisotopic (exact) mass is 483 g/mol. The van der Waals surface area contributed by atoms with Crippen molar-refractivity contribution in [2.75, 3.05) is 5.75 Å². The standard InChI is InChI=1S/C23H25N5O5S/c29-16-6-5-13-7-17(23(32)33-18(13)9-16)28-11-15(26-27-28)10-24-20(30)4-2-1-3-19-22-14(12-34-19)8-21(31)25-22/h5-7,9,11,14,19,22,29H,1-4,8,10,12H2,(H,24,30)(H,25,31). The molecule has 0 aliphatic carbocycles. The van der Waals surface area contributed by atoms with Gasteiger partial charge in [-0.25, -0.2) is 9.48 Å². The van der Waals surface area contributed by atoms with Crippen molar-refractivity contribution in [3.8, 4) is 11.4 Å². The predicted octanol–water partition coefficient (Wildman–Crippen LogP) is 1.88. The lowest BCUT2D eigenvalue weighted by atomic mass is 9.97. The lowest BCUT2D eigenvalue weighted by Crippen LogP contribution is -2.34. The minimum Gasteiger partial charge on any atom is -0.508 e. The number of phenolic OH excluding ortho intramolecular Hbond substituents is 1. The number of amides is 2. The van der Waals surface area contributed by atoms with Crippen molar-refractivity contribution < 1.29 is 19.1 Å². The molecule has 11 heteroatoms. The predicted molar refractivity (Wildman–Crippen MR) is 126 cm³/mol. The second kappa shape index (κ2) is 9.49. The van der Waals surface area contributed by atoms with E-state index in [-0.39, 0.29) is 35.4 Å². The van der Waals surface area contributed by atoms with Crippen LogP contribution in [0.5, 0.6) is 5.75 Å². The van der Waals surface area contributed by atoms with E-state index in [0.29, 0.717) is 41.1 Å². The third kappa shape index (κ3) is 4.79. The van der Waals surface area contributed by atoms with Gasteiger partial charge in [0.25, 0.3) is 0 Å². The van der Waals surface area contributed by atoms with Gasteiger partial charge in [-0.15, -0.1) is 5.10 Å². The molecule has 3 unspecified atom stereocenters. The number of hydrogen-bond donors (Lipinski definition) is 3. The maximum atomic E-state index is 12.3. The molecule has 2 aromatic heterocycles. The molecule has 178 valence electrons. The molecule has 4 heterocycles. The fourth-order valence-corrected chi connectivity index (χ4v) is 6.21. The molecule has 34 heavy (non-hydrogen) atoms. The normalized spacial score (nSPS) is 21.5. The van der Waals surface area contributed by atoms with E-state index < -0.39 is 5.63 Å². The maximum Gasteiger partial charge on any atom is 0.362 e. The summed E-state index contributed by atoms with van der Waals surface area (Å²) in [6, 6.07) is 6.43. The van der Waals surface area contributed by atoms with Crippen LogP contribution in [-0.4, -0.2) is 49.0 Å². The zero-order valence-corrected chi connectivity index (χ0v) is 19.2. The summed E-state index contributed by atoms with van der Waals surface area (Å²) >= 11 is 1.93. The zero-order valence-electron chi connectivity index (χ0n) is 18.4. The molecule has 2 fully saturated rings. The lowest BCUT2D eigenvalue weighted by Gasteiger charge is -2.17. The van der Waals surface area contributed by atoms with Crippen LogP contribution in [0.1, 0.15) is 37.8 Å². The highest BCUT2D eigenvalue weighted by Crippen LogP contribution is 2.39. The smallest absolute Gasteiger partial charge is 0.362 e. The summed E-state index contributed by atoms with van der Waals surface area (Å²) in [5, 5.41) is 24.6. The van der Waals surface area contributed by atoms with Gasteiger partial charge in [-0.1, -0.05) is 11.6 Å². The molecular weight excluding hydrogens is 458 g/mol. The van der Waals surface area contributed by atoms with E-state index in [0.717, 1.165) is 25.0 Å². The average molecular weight is 484 g/mol. The van der Waals surface area contributed by atoms with E-state index in [9.17, 15) is 19.5 Å². The number of benzene rings is 1. The third-order valence-electron chi connectivity index (χ3n) is 6.31. The quantitative estimate of drug-likeness (QED) is 0.326. The summed E-state index contributed by atoms with van der Waals surface area (Å²) in [5.74, 6) is 1.62. The van der Waals surface area contributed by atoms with Crippen LogP contribution in [0.4, 0.5) is 0 Å². The number of aromatic nitrogens is 3. The van der Waals surface area contributed by atoms with Crippen molar-refractivity contribution in [1.82, 2.24) is 25.6 Å². The van der Waals surface area contributed by atoms with Gasteiger partial charge in [0, 0.05) is 35.6 Å². The highest BCUT2D eigenvalue weighted by Gasteiger charge is 2.42. The number of thioether (sulfide) groups is 1. The molecule has 0 saturated carbocycles. The van der Waals surface area contributed by atoms with Crippen LogP contribution < -0.4 is 16.3 Å². The molecular formula is C23H25N5O5S. The number of fused-ring (bicyclic) bond motifs is 2. The molecule has 0 radical (unpaired) electrons. The molecule has 2 aliphatic rings. The fraction of sp³-hybridized carbons (Fsp3) is 0.435. The van der Waals surface area contributed by atoms with Crippen LogP contribution >= 0.6 is 11.8 Å². The third-order valence-corrected chi connectivity index (χ3v) is 7.88. The Balaban J connectivity index is 1.09. The minimum atomic E-state index is -0.609. The first kappa shape index (κ1) is 22.5. The van der Waals surface area contributed by atoms with Gasteiger partial charge in [0.15, 0.2) is 5.69 Å². The minimum absolute atomic E-state index is 0.00978. The highest BCUT2D eigenvalue weighted by atomic mass is 32.2.